The minimum absolute atomic E-state index is 0.135. The van der Waals surface area contributed by atoms with Gasteiger partial charge in [-0.1, -0.05) is 6.92 Å². The van der Waals surface area contributed by atoms with Crippen molar-refractivity contribution in [1.29, 1.82) is 0 Å². The topological polar surface area (TPSA) is 41.6 Å². The van der Waals surface area contributed by atoms with Crippen LogP contribution in [0.1, 0.15) is 33.1 Å². The number of carbonyl (C=O) groups excluding carboxylic acids is 1. The fourth-order valence-electron chi connectivity index (χ4n) is 2.69. The van der Waals surface area contributed by atoms with Gasteiger partial charge in [0.15, 0.2) is 0 Å². The van der Waals surface area contributed by atoms with Gasteiger partial charge in [-0.2, -0.15) is 0 Å². The van der Waals surface area contributed by atoms with Crippen molar-refractivity contribution in [1.82, 2.24) is 10.2 Å². The highest BCUT2D eigenvalue weighted by atomic mass is 16.5. The van der Waals surface area contributed by atoms with E-state index in [-0.39, 0.29) is 5.97 Å². The molecule has 1 saturated heterocycles. The molecule has 1 aliphatic heterocycles. The van der Waals surface area contributed by atoms with Gasteiger partial charge in [0.2, 0.25) is 0 Å². The molecule has 0 aromatic rings. The fourth-order valence-corrected chi connectivity index (χ4v) is 2.69. The summed E-state index contributed by atoms with van der Waals surface area (Å²) in [5, 5.41) is 3.44. The third kappa shape index (κ3) is 3.19. The van der Waals surface area contributed by atoms with Crippen molar-refractivity contribution < 1.29 is 9.53 Å². The Morgan fingerprint density at radius 2 is 2.18 bits per heavy atom. The summed E-state index contributed by atoms with van der Waals surface area (Å²) in [7, 11) is 1.47. The fraction of sp³-hybridized carbons (Fsp3) is 0.923. The zero-order valence-corrected chi connectivity index (χ0v) is 11.2. The number of likely N-dealkylation sites (tertiary alicyclic amines) is 1. The van der Waals surface area contributed by atoms with Gasteiger partial charge >= 0.3 is 5.97 Å². The minimum atomic E-state index is -0.542. The van der Waals surface area contributed by atoms with Gasteiger partial charge in [-0.3, -0.25) is 10.1 Å². The van der Waals surface area contributed by atoms with Gasteiger partial charge in [0.05, 0.1) is 7.11 Å². The van der Waals surface area contributed by atoms with Gasteiger partial charge in [0.25, 0.3) is 0 Å². The van der Waals surface area contributed by atoms with Crippen molar-refractivity contribution in [2.45, 2.75) is 44.7 Å². The number of nitrogens with zero attached hydrogens (tertiary/aromatic N) is 1. The van der Waals surface area contributed by atoms with Gasteiger partial charge in [0, 0.05) is 19.1 Å². The lowest BCUT2D eigenvalue weighted by atomic mass is 10.0. The van der Waals surface area contributed by atoms with E-state index in [2.05, 4.69) is 17.1 Å². The molecular weight excluding hydrogens is 216 g/mol. The van der Waals surface area contributed by atoms with Crippen molar-refractivity contribution in [3.63, 3.8) is 0 Å². The molecule has 0 radical (unpaired) electrons. The summed E-state index contributed by atoms with van der Waals surface area (Å²) in [6, 6.07) is 0.513. The number of hydrogen-bond acceptors (Lipinski definition) is 4. The van der Waals surface area contributed by atoms with E-state index < -0.39 is 5.54 Å². The molecule has 0 spiro atoms. The molecule has 1 aliphatic carbocycles. The van der Waals surface area contributed by atoms with Crippen molar-refractivity contribution in [2.75, 3.05) is 26.7 Å². The standard InChI is InChI=1S/C13H24N2O2/c1-10-6-7-15(8-10)9-13(2,12(16)17-3)14-11-4-5-11/h10-11,14H,4-9H2,1-3H3. The second kappa shape index (κ2) is 4.94. The first-order valence-corrected chi connectivity index (χ1v) is 6.62. The summed E-state index contributed by atoms with van der Waals surface area (Å²) in [4.78, 5) is 14.3. The average molecular weight is 240 g/mol. The number of nitrogens with one attached hydrogen (secondary N) is 1. The van der Waals surface area contributed by atoms with E-state index in [1.165, 1.54) is 26.4 Å². The summed E-state index contributed by atoms with van der Waals surface area (Å²) >= 11 is 0. The van der Waals surface area contributed by atoms with Crippen LogP contribution < -0.4 is 5.32 Å². The van der Waals surface area contributed by atoms with Crippen LogP contribution in [0.25, 0.3) is 0 Å². The normalized spacial score (nSPS) is 29.0. The third-order valence-corrected chi connectivity index (χ3v) is 3.78. The first-order valence-electron chi connectivity index (χ1n) is 6.62. The van der Waals surface area contributed by atoms with E-state index in [1.807, 2.05) is 6.92 Å². The van der Waals surface area contributed by atoms with Crippen LogP contribution >= 0.6 is 0 Å². The molecule has 4 nitrogen and oxygen atoms in total. The Bertz CT molecular complexity index is 291. The molecular formula is C13H24N2O2. The molecule has 2 rings (SSSR count). The quantitative estimate of drug-likeness (QED) is 0.728. The molecule has 0 amide bonds. The molecule has 0 bridgehead atoms. The first-order chi connectivity index (χ1) is 8.03. The Kier molecular flexibility index (Phi) is 3.73. The maximum Gasteiger partial charge on any atom is 0.327 e. The lowest BCUT2D eigenvalue weighted by Crippen LogP contribution is -2.57. The summed E-state index contributed by atoms with van der Waals surface area (Å²) in [6.07, 6.45) is 3.60. The zero-order valence-electron chi connectivity index (χ0n) is 11.2. The number of ether oxygens (including phenoxy) is 1. The van der Waals surface area contributed by atoms with E-state index in [9.17, 15) is 4.79 Å². The molecule has 98 valence electrons. The molecule has 1 N–H and O–H groups in total. The Hall–Kier alpha value is -0.610. The van der Waals surface area contributed by atoms with Gasteiger partial charge < -0.3 is 9.64 Å². The molecule has 2 unspecified atom stereocenters. The maximum atomic E-state index is 12.0. The van der Waals surface area contributed by atoms with Gasteiger partial charge in [0.1, 0.15) is 5.54 Å². The Balaban J connectivity index is 1.96. The Labute approximate surface area is 104 Å². The molecule has 0 aromatic heterocycles. The molecule has 4 heteroatoms. The zero-order chi connectivity index (χ0) is 12.5. The highest BCUT2D eigenvalue weighted by molar-refractivity contribution is 5.80. The Morgan fingerprint density at radius 3 is 2.65 bits per heavy atom. The van der Waals surface area contributed by atoms with E-state index >= 15 is 0 Å². The number of methoxy groups -OCH3 is 1. The predicted molar refractivity (Wildman–Crippen MR) is 66.8 cm³/mol. The van der Waals surface area contributed by atoms with Crippen molar-refractivity contribution in [3.05, 3.63) is 0 Å². The van der Waals surface area contributed by atoms with E-state index in [1.54, 1.807) is 0 Å². The predicted octanol–water partition coefficient (Wildman–Crippen LogP) is 1.01. The summed E-state index contributed by atoms with van der Waals surface area (Å²) in [5.41, 5.74) is -0.542. The van der Waals surface area contributed by atoms with Crippen LogP contribution in [0.15, 0.2) is 0 Å². The van der Waals surface area contributed by atoms with Crippen molar-refractivity contribution in [3.8, 4) is 0 Å². The smallest absolute Gasteiger partial charge is 0.327 e. The van der Waals surface area contributed by atoms with Crippen LogP contribution in [-0.4, -0.2) is 49.2 Å². The average Bonchev–Trinajstić information content (AvgIpc) is 3.00. The van der Waals surface area contributed by atoms with Crippen LogP contribution in [-0.2, 0) is 9.53 Å². The SMILES string of the molecule is COC(=O)C(C)(CN1CCC(C)C1)NC1CC1. The van der Waals surface area contributed by atoms with Crippen molar-refractivity contribution >= 4 is 5.97 Å². The monoisotopic (exact) mass is 240 g/mol. The second-order valence-electron chi connectivity index (χ2n) is 5.87. The van der Waals surface area contributed by atoms with Gasteiger partial charge in [-0.15, -0.1) is 0 Å². The van der Waals surface area contributed by atoms with Crippen molar-refractivity contribution in [2.24, 2.45) is 5.92 Å². The second-order valence-corrected chi connectivity index (χ2v) is 5.87. The highest BCUT2D eigenvalue weighted by Gasteiger charge is 2.41. The summed E-state index contributed by atoms with van der Waals surface area (Å²) in [6.45, 7) is 7.20. The van der Waals surface area contributed by atoms with Crippen LogP contribution in [0.2, 0.25) is 0 Å². The maximum absolute atomic E-state index is 12.0. The van der Waals surface area contributed by atoms with E-state index in [0.717, 1.165) is 25.6 Å². The molecule has 1 heterocycles. The molecule has 2 fully saturated rings. The van der Waals surface area contributed by atoms with Crippen LogP contribution in [0.4, 0.5) is 0 Å². The van der Waals surface area contributed by atoms with E-state index in [0.29, 0.717) is 6.04 Å². The summed E-state index contributed by atoms with van der Waals surface area (Å²) in [5.74, 6) is 0.613. The Morgan fingerprint density at radius 1 is 1.47 bits per heavy atom. The molecule has 17 heavy (non-hydrogen) atoms. The lowest BCUT2D eigenvalue weighted by molar-refractivity contribution is -0.148. The number of hydrogen-bond donors (Lipinski definition) is 1. The van der Waals surface area contributed by atoms with Crippen LogP contribution in [0, 0.1) is 5.92 Å². The van der Waals surface area contributed by atoms with Gasteiger partial charge in [-0.05, 0) is 38.6 Å². The molecule has 0 aromatic carbocycles. The molecule has 2 aliphatic rings. The lowest BCUT2D eigenvalue weighted by Gasteiger charge is -2.32. The number of rotatable bonds is 5. The van der Waals surface area contributed by atoms with Gasteiger partial charge in [-0.25, -0.2) is 0 Å². The molecule has 2 atom stereocenters. The van der Waals surface area contributed by atoms with Crippen LogP contribution in [0.3, 0.4) is 0 Å². The number of esters is 1. The number of carbonyl (C=O) groups is 1. The minimum Gasteiger partial charge on any atom is -0.468 e. The third-order valence-electron chi connectivity index (χ3n) is 3.78. The first kappa shape index (κ1) is 12.8. The van der Waals surface area contributed by atoms with E-state index in [4.69, 9.17) is 4.74 Å². The largest absolute Gasteiger partial charge is 0.468 e. The molecule has 1 saturated carbocycles. The summed E-state index contributed by atoms with van der Waals surface area (Å²) < 4.78 is 4.95. The van der Waals surface area contributed by atoms with Crippen LogP contribution in [0.5, 0.6) is 0 Å². The highest BCUT2D eigenvalue weighted by Crippen LogP contribution is 2.25.